The maximum Gasteiger partial charge on any atom is 0.416 e. The van der Waals surface area contributed by atoms with E-state index in [9.17, 15) is 22.8 Å². The normalized spacial score (nSPS) is 11.3. The molecule has 0 unspecified atom stereocenters. The molecule has 2 aromatic carbocycles. The van der Waals surface area contributed by atoms with Crippen LogP contribution in [-0.2, 0) is 11.0 Å². The maximum absolute atomic E-state index is 12.7. The quantitative estimate of drug-likeness (QED) is 0.696. The minimum Gasteiger partial charge on any atom is -0.326 e. The number of rotatable bonds is 4. The number of alkyl halides is 3. The van der Waals surface area contributed by atoms with Gasteiger partial charge in [-0.1, -0.05) is 19.1 Å². The van der Waals surface area contributed by atoms with Crippen molar-refractivity contribution in [2.45, 2.75) is 26.4 Å². The molecule has 3 rings (SSSR count). The SMILES string of the molecule is CCC(=O)Nc1ccc(-c2cc(=O)n(-c3ccc(C(F)(F)F)cc3)nc2C)cc1. The van der Waals surface area contributed by atoms with Gasteiger partial charge in [0.05, 0.1) is 16.9 Å². The van der Waals surface area contributed by atoms with Gasteiger partial charge in [-0.05, 0) is 48.9 Å². The van der Waals surface area contributed by atoms with Crippen LogP contribution in [-0.4, -0.2) is 15.7 Å². The molecule has 1 N–H and O–H groups in total. The molecule has 3 aromatic rings. The van der Waals surface area contributed by atoms with Gasteiger partial charge in [-0.25, -0.2) is 0 Å². The average Bonchev–Trinajstić information content (AvgIpc) is 2.69. The molecule has 1 heterocycles. The molecule has 5 nitrogen and oxygen atoms in total. The van der Waals surface area contributed by atoms with Gasteiger partial charge in [0.1, 0.15) is 0 Å². The predicted molar refractivity (Wildman–Crippen MR) is 104 cm³/mol. The zero-order valence-corrected chi connectivity index (χ0v) is 15.7. The highest BCUT2D eigenvalue weighted by Gasteiger charge is 2.30. The van der Waals surface area contributed by atoms with Gasteiger partial charge in [0.2, 0.25) is 5.91 Å². The Morgan fingerprint density at radius 3 is 2.24 bits per heavy atom. The minimum absolute atomic E-state index is 0.102. The number of carbonyl (C=O) groups excluding carboxylic acids is 1. The third-order valence-corrected chi connectivity index (χ3v) is 4.36. The average molecular weight is 401 g/mol. The van der Waals surface area contributed by atoms with Crippen LogP contribution in [0.4, 0.5) is 18.9 Å². The molecule has 0 saturated carbocycles. The number of nitrogens with one attached hydrogen (secondary N) is 1. The molecule has 1 aromatic heterocycles. The summed E-state index contributed by atoms with van der Waals surface area (Å²) in [7, 11) is 0. The van der Waals surface area contributed by atoms with Gasteiger partial charge in [0.15, 0.2) is 0 Å². The van der Waals surface area contributed by atoms with Gasteiger partial charge in [0, 0.05) is 23.7 Å². The molecule has 0 aliphatic carbocycles. The number of carbonyl (C=O) groups is 1. The molecular formula is C21H18F3N3O2. The number of halogens is 3. The van der Waals surface area contributed by atoms with Gasteiger partial charge in [-0.2, -0.15) is 23.0 Å². The molecular weight excluding hydrogens is 383 g/mol. The maximum atomic E-state index is 12.7. The predicted octanol–water partition coefficient (Wildman–Crippen LogP) is 4.58. The molecule has 1 amide bonds. The van der Waals surface area contributed by atoms with Gasteiger partial charge in [-0.3, -0.25) is 9.59 Å². The number of nitrogens with zero attached hydrogens (tertiary/aromatic N) is 2. The monoisotopic (exact) mass is 401 g/mol. The van der Waals surface area contributed by atoms with E-state index in [4.69, 9.17) is 0 Å². The summed E-state index contributed by atoms with van der Waals surface area (Å²) >= 11 is 0. The lowest BCUT2D eigenvalue weighted by molar-refractivity contribution is -0.137. The van der Waals surface area contributed by atoms with Crippen LogP contribution in [0.1, 0.15) is 24.6 Å². The summed E-state index contributed by atoms with van der Waals surface area (Å²) in [4.78, 5) is 24.0. The van der Waals surface area contributed by atoms with Crippen molar-refractivity contribution in [2.24, 2.45) is 0 Å². The van der Waals surface area contributed by atoms with E-state index in [1.54, 1.807) is 38.1 Å². The van der Waals surface area contributed by atoms with Crippen molar-refractivity contribution in [2.75, 3.05) is 5.32 Å². The molecule has 0 radical (unpaired) electrons. The molecule has 0 aliphatic heterocycles. The third kappa shape index (κ3) is 4.53. The van der Waals surface area contributed by atoms with E-state index in [-0.39, 0.29) is 11.6 Å². The summed E-state index contributed by atoms with van der Waals surface area (Å²) in [5, 5.41) is 6.99. The Kier molecular flexibility index (Phi) is 5.54. The van der Waals surface area contributed by atoms with Crippen LogP contribution in [0.25, 0.3) is 16.8 Å². The van der Waals surface area contributed by atoms with Crippen LogP contribution in [0, 0.1) is 6.92 Å². The first kappa shape index (κ1) is 20.3. The first-order valence-electron chi connectivity index (χ1n) is 8.88. The van der Waals surface area contributed by atoms with Crippen molar-refractivity contribution < 1.29 is 18.0 Å². The Morgan fingerprint density at radius 1 is 1.07 bits per heavy atom. The van der Waals surface area contributed by atoms with E-state index in [2.05, 4.69) is 10.4 Å². The lowest BCUT2D eigenvalue weighted by atomic mass is 10.0. The highest BCUT2D eigenvalue weighted by Crippen LogP contribution is 2.29. The number of benzene rings is 2. The molecule has 0 spiro atoms. The summed E-state index contributed by atoms with van der Waals surface area (Å²) in [6, 6.07) is 12.6. The smallest absolute Gasteiger partial charge is 0.326 e. The molecule has 0 bridgehead atoms. The van der Waals surface area contributed by atoms with Crippen LogP contribution < -0.4 is 10.9 Å². The fourth-order valence-electron chi connectivity index (χ4n) is 2.79. The molecule has 0 fully saturated rings. The number of aryl methyl sites for hydroxylation is 1. The molecule has 8 heteroatoms. The zero-order valence-electron chi connectivity index (χ0n) is 15.7. The van der Waals surface area contributed by atoms with Crippen molar-refractivity contribution in [3.63, 3.8) is 0 Å². The lowest BCUT2D eigenvalue weighted by Gasteiger charge is -2.12. The van der Waals surface area contributed by atoms with Crippen LogP contribution in [0.2, 0.25) is 0 Å². The summed E-state index contributed by atoms with van der Waals surface area (Å²) in [6.45, 7) is 3.46. The van der Waals surface area contributed by atoms with Crippen LogP contribution in [0.5, 0.6) is 0 Å². The zero-order chi connectivity index (χ0) is 21.2. The second kappa shape index (κ2) is 7.90. The number of aromatic nitrogens is 2. The van der Waals surface area contributed by atoms with Crippen LogP contribution in [0.3, 0.4) is 0 Å². The second-order valence-corrected chi connectivity index (χ2v) is 6.42. The fraction of sp³-hybridized carbons (Fsp3) is 0.190. The number of hydrogen-bond donors (Lipinski definition) is 1. The van der Waals surface area contributed by atoms with Crippen molar-refractivity contribution in [1.82, 2.24) is 9.78 Å². The van der Waals surface area contributed by atoms with Crippen molar-refractivity contribution >= 4 is 11.6 Å². The largest absolute Gasteiger partial charge is 0.416 e. The van der Waals surface area contributed by atoms with Gasteiger partial charge < -0.3 is 5.32 Å². The third-order valence-electron chi connectivity index (χ3n) is 4.36. The van der Waals surface area contributed by atoms with E-state index in [1.807, 2.05) is 0 Å². The van der Waals surface area contributed by atoms with E-state index in [1.165, 1.54) is 18.2 Å². The molecule has 0 atom stereocenters. The Morgan fingerprint density at radius 2 is 1.69 bits per heavy atom. The van der Waals surface area contributed by atoms with E-state index >= 15 is 0 Å². The first-order chi connectivity index (χ1) is 13.7. The Balaban J connectivity index is 1.92. The standard InChI is InChI=1S/C21H18F3N3O2/c1-3-19(28)25-16-8-4-14(5-9-16)18-12-20(29)27(26-13(18)2)17-10-6-15(7-11-17)21(22,23)24/h4-12H,3H2,1-2H3,(H,25,28). The van der Waals surface area contributed by atoms with E-state index in [0.29, 0.717) is 23.4 Å². The Labute approximate surface area is 164 Å². The van der Waals surface area contributed by atoms with Crippen molar-refractivity contribution in [3.8, 4) is 16.8 Å². The second-order valence-electron chi connectivity index (χ2n) is 6.42. The summed E-state index contributed by atoms with van der Waals surface area (Å²) in [5.41, 5.74) is 1.51. The number of anilines is 1. The topological polar surface area (TPSA) is 64.0 Å². The lowest BCUT2D eigenvalue weighted by Crippen LogP contribution is -2.22. The summed E-state index contributed by atoms with van der Waals surface area (Å²) in [6.07, 6.45) is -4.08. The Hall–Kier alpha value is -3.42. The number of amides is 1. The van der Waals surface area contributed by atoms with Crippen LogP contribution in [0.15, 0.2) is 59.4 Å². The highest BCUT2D eigenvalue weighted by atomic mass is 19.4. The first-order valence-corrected chi connectivity index (χ1v) is 8.88. The van der Waals surface area contributed by atoms with Gasteiger partial charge in [0.25, 0.3) is 5.56 Å². The Bertz CT molecular complexity index is 1090. The summed E-state index contributed by atoms with van der Waals surface area (Å²) < 4.78 is 39.2. The minimum atomic E-state index is -4.44. The highest BCUT2D eigenvalue weighted by molar-refractivity contribution is 5.90. The van der Waals surface area contributed by atoms with Crippen LogP contribution >= 0.6 is 0 Å². The summed E-state index contributed by atoms with van der Waals surface area (Å²) in [5.74, 6) is -0.102. The molecule has 0 saturated heterocycles. The van der Waals surface area contributed by atoms with Gasteiger partial charge >= 0.3 is 6.18 Å². The van der Waals surface area contributed by atoms with Gasteiger partial charge in [-0.15, -0.1) is 0 Å². The molecule has 0 aliphatic rings. The van der Waals surface area contributed by atoms with E-state index < -0.39 is 17.3 Å². The van der Waals surface area contributed by atoms with E-state index in [0.717, 1.165) is 22.4 Å². The fourth-order valence-corrected chi connectivity index (χ4v) is 2.79. The molecule has 150 valence electrons. The molecule has 29 heavy (non-hydrogen) atoms. The number of hydrogen-bond acceptors (Lipinski definition) is 3. The van der Waals surface area contributed by atoms with Crippen molar-refractivity contribution in [1.29, 1.82) is 0 Å². The van der Waals surface area contributed by atoms with Crippen molar-refractivity contribution in [3.05, 3.63) is 76.2 Å².